The predicted octanol–water partition coefficient (Wildman–Crippen LogP) is 2.69. The van der Waals surface area contributed by atoms with Crippen LogP contribution in [0.15, 0.2) is 6.07 Å². The van der Waals surface area contributed by atoms with Gasteiger partial charge in [-0.3, -0.25) is 9.59 Å². The Labute approximate surface area is 117 Å². The summed E-state index contributed by atoms with van der Waals surface area (Å²) >= 11 is 1.52. The minimum atomic E-state index is -0.776. The number of carboxylic acids is 1. The van der Waals surface area contributed by atoms with Crippen LogP contribution in [-0.4, -0.2) is 35.0 Å². The first-order chi connectivity index (χ1) is 8.97. The van der Waals surface area contributed by atoms with Gasteiger partial charge in [-0.25, -0.2) is 0 Å². The number of aliphatic carboxylic acids is 1. The normalized spacial score (nSPS) is 19.5. The molecule has 19 heavy (non-hydrogen) atoms. The lowest BCUT2D eigenvalue weighted by atomic mass is 9.95. The summed E-state index contributed by atoms with van der Waals surface area (Å²) in [6.07, 6.45) is 1.96. The summed E-state index contributed by atoms with van der Waals surface area (Å²) in [5.74, 6) is -0.629. The molecule has 0 aromatic carbocycles. The van der Waals surface area contributed by atoms with Crippen molar-refractivity contribution in [3.05, 3.63) is 21.4 Å². The van der Waals surface area contributed by atoms with E-state index < -0.39 is 5.97 Å². The molecule has 1 unspecified atom stereocenters. The van der Waals surface area contributed by atoms with Crippen molar-refractivity contribution < 1.29 is 14.7 Å². The first-order valence-electron chi connectivity index (χ1n) is 6.55. The molecule has 2 rings (SSSR count). The molecule has 0 bridgehead atoms. The van der Waals surface area contributed by atoms with Gasteiger partial charge in [0.1, 0.15) is 0 Å². The second-order valence-corrected chi connectivity index (χ2v) is 6.46. The van der Waals surface area contributed by atoms with Crippen LogP contribution in [0, 0.1) is 19.8 Å². The van der Waals surface area contributed by atoms with Crippen LogP contribution in [0.25, 0.3) is 0 Å². The number of hydrogen-bond donors (Lipinski definition) is 1. The number of aryl methyl sites for hydroxylation is 2. The Morgan fingerprint density at radius 3 is 2.79 bits per heavy atom. The zero-order valence-corrected chi connectivity index (χ0v) is 12.1. The van der Waals surface area contributed by atoms with Crippen molar-refractivity contribution in [1.82, 2.24) is 4.90 Å². The molecule has 2 heterocycles. The number of piperidine rings is 1. The van der Waals surface area contributed by atoms with E-state index >= 15 is 0 Å². The van der Waals surface area contributed by atoms with Crippen LogP contribution in [0.3, 0.4) is 0 Å². The minimum Gasteiger partial charge on any atom is -0.481 e. The summed E-state index contributed by atoms with van der Waals surface area (Å²) in [4.78, 5) is 26.9. The van der Waals surface area contributed by atoms with Crippen molar-refractivity contribution in [3.63, 3.8) is 0 Å². The van der Waals surface area contributed by atoms with Gasteiger partial charge in [0.2, 0.25) is 0 Å². The largest absolute Gasteiger partial charge is 0.481 e. The second-order valence-electron chi connectivity index (χ2n) is 5.21. The van der Waals surface area contributed by atoms with E-state index in [4.69, 9.17) is 5.11 Å². The quantitative estimate of drug-likeness (QED) is 0.926. The lowest BCUT2D eigenvalue weighted by molar-refractivity contribution is -0.138. The molecule has 1 saturated heterocycles. The molecule has 1 fully saturated rings. The highest BCUT2D eigenvalue weighted by Crippen LogP contribution is 2.25. The first-order valence-corrected chi connectivity index (χ1v) is 7.37. The highest BCUT2D eigenvalue weighted by Gasteiger charge is 2.26. The summed E-state index contributed by atoms with van der Waals surface area (Å²) in [5.41, 5.74) is 1.15. The third-order valence-electron chi connectivity index (χ3n) is 3.65. The minimum absolute atomic E-state index is 0.0521. The van der Waals surface area contributed by atoms with E-state index in [1.54, 1.807) is 0 Å². The summed E-state index contributed by atoms with van der Waals surface area (Å²) < 4.78 is 0. The highest BCUT2D eigenvalue weighted by molar-refractivity contribution is 7.14. The number of amides is 1. The third kappa shape index (κ3) is 3.35. The molecule has 1 aliphatic rings. The fourth-order valence-electron chi connectivity index (χ4n) is 2.50. The van der Waals surface area contributed by atoms with E-state index in [-0.39, 0.29) is 18.2 Å². The van der Waals surface area contributed by atoms with Gasteiger partial charge in [0.05, 0.1) is 4.88 Å². The number of rotatable bonds is 3. The van der Waals surface area contributed by atoms with Gasteiger partial charge in [0.15, 0.2) is 0 Å². The molecular formula is C14H19NO3S. The van der Waals surface area contributed by atoms with Gasteiger partial charge in [-0.05, 0) is 44.2 Å². The average molecular weight is 281 g/mol. The molecule has 104 valence electrons. The molecule has 1 aliphatic heterocycles. The van der Waals surface area contributed by atoms with Crippen LogP contribution in [-0.2, 0) is 4.79 Å². The number of carbonyl (C=O) groups is 2. The first kappa shape index (κ1) is 14.1. The summed E-state index contributed by atoms with van der Waals surface area (Å²) in [6, 6.07) is 1.93. The van der Waals surface area contributed by atoms with Gasteiger partial charge in [-0.2, -0.15) is 0 Å². The van der Waals surface area contributed by atoms with Gasteiger partial charge in [0, 0.05) is 24.4 Å². The molecular weight excluding hydrogens is 262 g/mol. The van der Waals surface area contributed by atoms with Gasteiger partial charge in [-0.1, -0.05) is 0 Å². The molecule has 1 amide bonds. The molecule has 0 saturated carbocycles. The van der Waals surface area contributed by atoms with Crippen molar-refractivity contribution in [3.8, 4) is 0 Å². The Morgan fingerprint density at radius 2 is 2.21 bits per heavy atom. The van der Waals surface area contributed by atoms with Crippen molar-refractivity contribution in [2.75, 3.05) is 13.1 Å². The molecule has 5 heteroatoms. The summed E-state index contributed by atoms with van der Waals surface area (Å²) in [7, 11) is 0. The van der Waals surface area contributed by atoms with E-state index in [1.807, 2.05) is 24.8 Å². The number of hydrogen-bond acceptors (Lipinski definition) is 3. The zero-order chi connectivity index (χ0) is 14.0. The molecule has 1 aromatic rings. The van der Waals surface area contributed by atoms with E-state index in [9.17, 15) is 9.59 Å². The van der Waals surface area contributed by atoms with Crippen molar-refractivity contribution >= 4 is 23.2 Å². The second kappa shape index (κ2) is 5.74. The number of likely N-dealkylation sites (tertiary alicyclic amines) is 1. The maximum Gasteiger partial charge on any atom is 0.303 e. The third-order valence-corrected chi connectivity index (χ3v) is 4.79. The van der Waals surface area contributed by atoms with Gasteiger partial charge < -0.3 is 10.0 Å². The lowest BCUT2D eigenvalue weighted by Crippen LogP contribution is -2.40. The summed E-state index contributed by atoms with van der Waals surface area (Å²) in [6.45, 7) is 5.33. The van der Waals surface area contributed by atoms with Crippen LogP contribution >= 0.6 is 11.3 Å². The zero-order valence-electron chi connectivity index (χ0n) is 11.3. The average Bonchev–Trinajstić information content (AvgIpc) is 2.68. The van der Waals surface area contributed by atoms with Gasteiger partial charge >= 0.3 is 5.97 Å². The highest BCUT2D eigenvalue weighted by atomic mass is 32.1. The van der Waals surface area contributed by atoms with E-state index in [1.165, 1.54) is 16.2 Å². The monoisotopic (exact) mass is 281 g/mol. The maximum absolute atomic E-state index is 12.4. The fraction of sp³-hybridized carbons (Fsp3) is 0.571. The predicted molar refractivity (Wildman–Crippen MR) is 74.7 cm³/mol. The Hall–Kier alpha value is -1.36. The molecule has 0 spiro atoms. The van der Waals surface area contributed by atoms with Gasteiger partial charge in [-0.15, -0.1) is 11.3 Å². The molecule has 0 aliphatic carbocycles. The van der Waals surface area contributed by atoms with Gasteiger partial charge in [0.25, 0.3) is 5.91 Å². The van der Waals surface area contributed by atoms with E-state index in [2.05, 4.69) is 0 Å². The summed E-state index contributed by atoms with van der Waals surface area (Å²) in [5, 5.41) is 8.85. The van der Waals surface area contributed by atoms with Crippen molar-refractivity contribution in [1.29, 1.82) is 0 Å². The number of nitrogens with zero attached hydrogens (tertiary/aromatic N) is 1. The number of carbonyl (C=O) groups excluding carboxylic acids is 1. The van der Waals surface area contributed by atoms with Crippen LogP contribution in [0.1, 0.15) is 39.4 Å². The smallest absolute Gasteiger partial charge is 0.303 e. The van der Waals surface area contributed by atoms with Crippen molar-refractivity contribution in [2.24, 2.45) is 5.92 Å². The van der Waals surface area contributed by atoms with Crippen LogP contribution < -0.4 is 0 Å². The molecule has 4 nitrogen and oxygen atoms in total. The number of carboxylic acid groups (broad SMARTS) is 1. The van der Waals surface area contributed by atoms with E-state index in [0.717, 1.165) is 29.8 Å². The standard InChI is InChI=1S/C14H19NO3S/c1-9-6-12(19-10(9)2)14(18)15-5-3-4-11(8-15)7-13(16)17/h6,11H,3-5,7-8H2,1-2H3,(H,16,17). The Bertz CT molecular complexity index is 475. The molecule has 1 N–H and O–H groups in total. The topological polar surface area (TPSA) is 57.6 Å². The maximum atomic E-state index is 12.4. The Balaban J connectivity index is 2.04. The number of thiophene rings is 1. The molecule has 0 radical (unpaired) electrons. The van der Waals surface area contributed by atoms with Crippen LogP contribution in [0.5, 0.6) is 0 Å². The molecule has 1 atom stereocenters. The van der Waals surface area contributed by atoms with Crippen LogP contribution in [0.2, 0.25) is 0 Å². The van der Waals surface area contributed by atoms with E-state index in [0.29, 0.717) is 6.54 Å². The Kier molecular flexibility index (Phi) is 4.24. The molecule has 1 aromatic heterocycles. The SMILES string of the molecule is Cc1cc(C(=O)N2CCCC(CC(=O)O)C2)sc1C. The van der Waals surface area contributed by atoms with Crippen LogP contribution in [0.4, 0.5) is 0 Å². The lowest BCUT2D eigenvalue weighted by Gasteiger charge is -2.31. The Morgan fingerprint density at radius 1 is 1.47 bits per heavy atom. The van der Waals surface area contributed by atoms with Crippen molar-refractivity contribution in [2.45, 2.75) is 33.1 Å². The fourth-order valence-corrected chi connectivity index (χ4v) is 3.50.